The van der Waals surface area contributed by atoms with Gasteiger partial charge in [-0.2, -0.15) is 0 Å². The van der Waals surface area contributed by atoms with Gasteiger partial charge in [0.05, 0.1) is 6.04 Å². The third-order valence-electron chi connectivity index (χ3n) is 3.32. The second-order valence-electron chi connectivity index (χ2n) is 4.89. The van der Waals surface area contributed by atoms with Gasteiger partial charge in [-0.1, -0.05) is 53.5 Å². The minimum absolute atomic E-state index is 0.0304. The van der Waals surface area contributed by atoms with Crippen LogP contribution in [0.1, 0.15) is 17.2 Å². The van der Waals surface area contributed by atoms with Crippen molar-refractivity contribution in [2.24, 2.45) is 5.84 Å². The fraction of sp³-hybridized carbons (Fsp3) is 0.176. The van der Waals surface area contributed by atoms with Gasteiger partial charge in [-0.05, 0) is 41.8 Å². The molecule has 0 aliphatic heterocycles. The first kappa shape index (κ1) is 16.1. The van der Waals surface area contributed by atoms with Crippen LogP contribution < -0.4 is 5.84 Å². The zero-order valence-electron chi connectivity index (χ0n) is 11.7. The topological polar surface area (TPSA) is 29.3 Å². The highest BCUT2D eigenvalue weighted by atomic mass is 35.5. The third-order valence-corrected chi connectivity index (χ3v) is 3.80. The predicted molar refractivity (Wildman–Crippen MR) is 90.4 cm³/mol. The molecule has 0 saturated carbocycles. The summed E-state index contributed by atoms with van der Waals surface area (Å²) in [5.74, 6) is 6.18. The van der Waals surface area contributed by atoms with E-state index in [0.717, 1.165) is 17.0 Å². The lowest BCUT2D eigenvalue weighted by atomic mass is 9.98. The number of hydrazine groups is 1. The molecule has 2 nitrogen and oxygen atoms in total. The van der Waals surface area contributed by atoms with Crippen LogP contribution in [0.15, 0.2) is 61.2 Å². The molecule has 2 aromatic carbocycles. The number of rotatable bonds is 6. The lowest BCUT2D eigenvalue weighted by Gasteiger charge is -2.27. The Morgan fingerprint density at radius 3 is 2.43 bits per heavy atom. The maximum Gasteiger partial charge on any atom is 0.0534 e. The monoisotopic (exact) mass is 320 g/mol. The van der Waals surface area contributed by atoms with Crippen molar-refractivity contribution in [2.45, 2.75) is 12.5 Å². The summed E-state index contributed by atoms with van der Waals surface area (Å²) in [6.07, 6.45) is 2.57. The number of nitrogens with zero attached hydrogens (tertiary/aromatic N) is 1. The molecular formula is C17H18Cl2N2. The minimum Gasteiger partial charge on any atom is -0.268 e. The molecule has 2 N–H and O–H groups in total. The molecule has 0 spiro atoms. The van der Waals surface area contributed by atoms with Crippen LogP contribution in [0.25, 0.3) is 0 Å². The molecule has 0 amide bonds. The molecule has 0 fully saturated rings. The first-order valence-electron chi connectivity index (χ1n) is 6.72. The second kappa shape index (κ2) is 7.62. The average Bonchev–Trinajstić information content (AvgIpc) is 2.47. The van der Waals surface area contributed by atoms with Crippen molar-refractivity contribution < 1.29 is 0 Å². The predicted octanol–water partition coefficient (Wildman–Crippen LogP) is 4.64. The van der Waals surface area contributed by atoms with Crippen LogP contribution in [-0.2, 0) is 6.42 Å². The minimum atomic E-state index is 0.0304. The molecule has 21 heavy (non-hydrogen) atoms. The van der Waals surface area contributed by atoms with E-state index in [1.54, 1.807) is 11.1 Å². The van der Waals surface area contributed by atoms with Gasteiger partial charge in [-0.25, -0.2) is 5.01 Å². The molecule has 0 aliphatic rings. The van der Waals surface area contributed by atoms with E-state index in [0.29, 0.717) is 11.6 Å². The maximum atomic E-state index is 6.18. The van der Waals surface area contributed by atoms with Crippen molar-refractivity contribution in [1.82, 2.24) is 5.01 Å². The van der Waals surface area contributed by atoms with Crippen molar-refractivity contribution in [2.75, 3.05) is 6.54 Å². The largest absolute Gasteiger partial charge is 0.268 e. The fourth-order valence-corrected chi connectivity index (χ4v) is 2.59. The molecule has 2 rings (SSSR count). The number of benzene rings is 2. The van der Waals surface area contributed by atoms with E-state index in [9.17, 15) is 0 Å². The van der Waals surface area contributed by atoms with Crippen molar-refractivity contribution in [3.05, 3.63) is 82.4 Å². The molecule has 0 bridgehead atoms. The summed E-state index contributed by atoms with van der Waals surface area (Å²) >= 11 is 12.0. The summed E-state index contributed by atoms with van der Waals surface area (Å²) in [5, 5.41) is 3.21. The summed E-state index contributed by atoms with van der Waals surface area (Å²) in [4.78, 5) is 0. The fourth-order valence-electron chi connectivity index (χ4n) is 2.26. The van der Waals surface area contributed by atoms with Crippen LogP contribution in [-0.4, -0.2) is 11.6 Å². The molecule has 2 aromatic rings. The smallest absolute Gasteiger partial charge is 0.0534 e. The van der Waals surface area contributed by atoms with Crippen LogP contribution in [0, 0.1) is 0 Å². The molecule has 110 valence electrons. The summed E-state index contributed by atoms with van der Waals surface area (Å²) in [7, 11) is 0. The highest BCUT2D eigenvalue weighted by Gasteiger charge is 2.17. The number of nitrogens with two attached hydrogens (primary N) is 1. The SMILES string of the molecule is C=CCN(N)C(Cc1ccc(Cl)cc1)c1cccc(Cl)c1. The molecule has 0 heterocycles. The van der Waals surface area contributed by atoms with E-state index in [1.807, 2.05) is 48.5 Å². The van der Waals surface area contributed by atoms with Crippen molar-refractivity contribution in [3.8, 4) is 0 Å². The molecule has 1 atom stereocenters. The molecule has 4 heteroatoms. The van der Waals surface area contributed by atoms with E-state index in [-0.39, 0.29) is 6.04 Å². The number of hydrogen-bond acceptors (Lipinski definition) is 2. The van der Waals surface area contributed by atoms with Gasteiger partial charge in [0.1, 0.15) is 0 Å². The Bertz CT molecular complexity index is 596. The van der Waals surface area contributed by atoms with Crippen LogP contribution in [0.5, 0.6) is 0 Å². The molecule has 1 unspecified atom stereocenters. The molecule has 0 radical (unpaired) electrons. The van der Waals surface area contributed by atoms with Crippen molar-refractivity contribution in [1.29, 1.82) is 0 Å². The quantitative estimate of drug-likeness (QED) is 0.477. The van der Waals surface area contributed by atoms with Crippen LogP contribution in [0.2, 0.25) is 10.0 Å². The Kier molecular flexibility index (Phi) is 5.83. The first-order valence-corrected chi connectivity index (χ1v) is 7.48. The van der Waals surface area contributed by atoms with Gasteiger partial charge in [0.2, 0.25) is 0 Å². The van der Waals surface area contributed by atoms with Gasteiger partial charge in [-0.15, -0.1) is 6.58 Å². The van der Waals surface area contributed by atoms with E-state index >= 15 is 0 Å². The standard InChI is InChI=1S/C17H18Cl2N2/c1-2-10-21(20)17(14-4-3-5-16(19)12-14)11-13-6-8-15(18)9-7-13/h2-9,12,17H,1,10-11,20H2. The highest BCUT2D eigenvalue weighted by molar-refractivity contribution is 6.30. The van der Waals surface area contributed by atoms with E-state index < -0.39 is 0 Å². The van der Waals surface area contributed by atoms with Crippen LogP contribution in [0.3, 0.4) is 0 Å². The summed E-state index contributed by atoms with van der Waals surface area (Å²) in [6, 6.07) is 15.6. The molecule has 0 saturated heterocycles. The van der Waals surface area contributed by atoms with Gasteiger partial charge >= 0.3 is 0 Å². The van der Waals surface area contributed by atoms with Crippen LogP contribution >= 0.6 is 23.2 Å². The van der Waals surface area contributed by atoms with E-state index in [2.05, 4.69) is 6.58 Å². The average molecular weight is 321 g/mol. The Morgan fingerprint density at radius 1 is 1.10 bits per heavy atom. The van der Waals surface area contributed by atoms with Crippen LogP contribution in [0.4, 0.5) is 0 Å². The van der Waals surface area contributed by atoms with Gasteiger partial charge in [0.25, 0.3) is 0 Å². The lowest BCUT2D eigenvalue weighted by Crippen LogP contribution is -2.36. The Labute approximate surface area is 135 Å². The van der Waals surface area contributed by atoms with E-state index in [4.69, 9.17) is 29.0 Å². The van der Waals surface area contributed by atoms with Crippen molar-refractivity contribution >= 4 is 23.2 Å². The van der Waals surface area contributed by atoms with Crippen molar-refractivity contribution in [3.63, 3.8) is 0 Å². The summed E-state index contributed by atoms with van der Waals surface area (Å²) < 4.78 is 0. The second-order valence-corrected chi connectivity index (χ2v) is 5.76. The molecule has 0 aliphatic carbocycles. The number of halogens is 2. The normalized spacial score (nSPS) is 12.4. The molecule has 0 aromatic heterocycles. The van der Waals surface area contributed by atoms with Gasteiger partial charge in [-0.3, -0.25) is 5.84 Å². The lowest BCUT2D eigenvalue weighted by molar-refractivity contribution is 0.223. The summed E-state index contributed by atoms with van der Waals surface area (Å²) in [6.45, 7) is 4.35. The van der Waals surface area contributed by atoms with Gasteiger partial charge in [0.15, 0.2) is 0 Å². The highest BCUT2D eigenvalue weighted by Crippen LogP contribution is 2.26. The maximum absolute atomic E-state index is 6.18. The van der Waals surface area contributed by atoms with E-state index in [1.165, 1.54) is 5.56 Å². The Hall–Kier alpha value is -1.32. The van der Waals surface area contributed by atoms with Gasteiger partial charge in [0, 0.05) is 16.6 Å². The first-order chi connectivity index (χ1) is 10.1. The molecular weight excluding hydrogens is 303 g/mol. The Balaban J connectivity index is 2.27. The Morgan fingerprint density at radius 2 is 1.81 bits per heavy atom. The zero-order valence-corrected chi connectivity index (χ0v) is 13.2. The third kappa shape index (κ3) is 4.58. The zero-order chi connectivity index (χ0) is 15.2. The van der Waals surface area contributed by atoms with Gasteiger partial charge < -0.3 is 0 Å². The number of hydrogen-bond donors (Lipinski definition) is 1. The summed E-state index contributed by atoms with van der Waals surface area (Å²) in [5.41, 5.74) is 2.26.